The minimum Gasteiger partial charge on any atom is -0.0654 e. The first-order chi connectivity index (χ1) is 31.7. The second-order valence-corrected chi connectivity index (χ2v) is 18.8. The van der Waals surface area contributed by atoms with Gasteiger partial charge in [-0.2, -0.15) is 0 Å². The molecule has 0 fully saturated rings. The summed E-state index contributed by atoms with van der Waals surface area (Å²) in [5, 5.41) is 0. The third-order valence-electron chi connectivity index (χ3n) is 12.6. The molecule has 0 heteroatoms. The van der Waals surface area contributed by atoms with Crippen LogP contribution in [-0.2, 0) is 25.7 Å². The van der Waals surface area contributed by atoms with Gasteiger partial charge in [0.05, 0.1) is 0 Å². The fraction of sp³-hybridized carbons (Fsp3) is 0.625. The molecular formula is C64H104. The zero-order valence-electron chi connectivity index (χ0n) is 43.0. The van der Waals surface area contributed by atoms with Crippen molar-refractivity contribution >= 4 is 0 Å². The highest BCUT2D eigenvalue weighted by Crippen LogP contribution is 2.15. The summed E-state index contributed by atoms with van der Waals surface area (Å²) in [5.41, 5.74) is 5.98. The van der Waals surface area contributed by atoms with Gasteiger partial charge in [-0.05, 0) is 73.6 Å². The number of aryl methyl sites for hydroxylation is 4. The molecule has 0 aromatic heterocycles. The molecule has 0 heterocycles. The zero-order valence-corrected chi connectivity index (χ0v) is 43.0. The average Bonchev–Trinajstić information content (AvgIpc) is 3.34. The van der Waals surface area contributed by atoms with Crippen LogP contribution >= 0.6 is 0 Å². The maximum Gasteiger partial charge on any atom is -0.0279 e. The third-order valence-corrected chi connectivity index (χ3v) is 12.6. The Hall–Kier alpha value is -3.12. The van der Waals surface area contributed by atoms with E-state index in [-0.39, 0.29) is 0 Å². The van der Waals surface area contributed by atoms with Gasteiger partial charge < -0.3 is 0 Å². The van der Waals surface area contributed by atoms with E-state index in [1.165, 1.54) is 253 Å². The van der Waals surface area contributed by atoms with Crippen LogP contribution in [0.4, 0.5) is 0 Å². The Balaban J connectivity index is 0.000000427. The second kappa shape index (κ2) is 49.3. The largest absolute Gasteiger partial charge is 0.0654 e. The van der Waals surface area contributed by atoms with Gasteiger partial charge in [0.25, 0.3) is 0 Å². The molecule has 0 spiro atoms. The summed E-state index contributed by atoms with van der Waals surface area (Å²) in [4.78, 5) is 0. The van der Waals surface area contributed by atoms with Crippen molar-refractivity contribution in [3.63, 3.8) is 0 Å². The van der Waals surface area contributed by atoms with Gasteiger partial charge in [0.2, 0.25) is 0 Å². The molecule has 0 amide bonds. The molecule has 64 heavy (non-hydrogen) atoms. The highest BCUT2D eigenvalue weighted by atomic mass is 14.0. The van der Waals surface area contributed by atoms with E-state index < -0.39 is 0 Å². The van der Waals surface area contributed by atoms with Gasteiger partial charge in [-0.3, -0.25) is 0 Å². The smallest absolute Gasteiger partial charge is 0.0279 e. The normalized spacial score (nSPS) is 10.6. The lowest BCUT2D eigenvalue weighted by Gasteiger charge is -2.02. The van der Waals surface area contributed by atoms with Crippen molar-refractivity contribution in [1.82, 2.24) is 0 Å². The molecule has 0 saturated heterocycles. The monoisotopic (exact) mass is 873 g/mol. The van der Waals surface area contributed by atoms with Gasteiger partial charge >= 0.3 is 0 Å². The molecule has 0 nitrogen and oxygen atoms in total. The Kier molecular flexibility index (Phi) is 45.4. The Bertz CT molecular complexity index is 1170. The minimum atomic E-state index is 1.26. The summed E-state index contributed by atoms with van der Waals surface area (Å²) in [6.45, 7) is 9.11. The van der Waals surface area contributed by atoms with Crippen LogP contribution in [0, 0.1) is 0 Å². The predicted octanol–water partition coefficient (Wildman–Crippen LogP) is 21.5. The zero-order chi connectivity index (χ0) is 45.9. The fourth-order valence-electron chi connectivity index (χ4n) is 8.43. The fourth-order valence-corrected chi connectivity index (χ4v) is 8.43. The first-order valence-electron chi connectivity index (χ1n) is 27.9. The van der Waals surface area contributed by atoms with Crippen LogP contribution < -0.4 is 0 Å². The molecule has 0 aliphatic rings. The molecule has 0 aliphatic carbocycles. The summed E-state index contributed by atoms with van der Waals surface area (Å²) >= 11 is 0. The number of hydrogen-bond acceptors (Lipinski definition) is 0. The molecule has 0 radical (unpaired) electrons. The lowest BCUT2D eigenvalue weighted by atomic mass is 10.0. The Labute approximate surface area is 400 Å². The van der Waals surface area contributed by atoms with E-state index in [2.05, 4.69) is 149 Å². The Morgan fingerprint density at radius 3 is 0.469 bits per heavy atom. The average molecular weight is 874 g/mol. The maximum atomic E-state index is 2.28. The van der Waals surface area contributed by atoms with Crippen LogP contribution in [0.1, 0.15) is 255 Å². The van der Waals surface area contributed by atoms with Crippen LogP contribution in [0.3, 0.4) is 0 Å². The summed E-state index contributed by atoms with van der Waals surface area (Å²) in [5.74, 6) is 0. The summed E-state index contributed by atoms with van der Waals surface area (Å²) in [7, 11) is 0. The summed E-state index contributed by atoms with van der Waals surface area (Å²) < 4.78 is 0. The van der Waals surface area contributed by atoms with Crippen molar-refractivity contribution in [2.75, 3.05) is 0 Å². The molecular weight excluding hydrogens is 769 g/mol. The van der Waals surface area contributed by atoms with Crippen LogP contribution in [0.2, 0.25) is 0 Å². The molecule has 0 saturated carbocycles. The summed E-state index contributed by atoms with van der Waals surface area (Å²) in [6.07, 6.45) is 50.2. The van der Waals surface area contributed by atoms with E-state index in [1.807, 2.05) is 0 Å². The number of benzene rings is 4. The van der Waals surface area contributed by atoms with E-state index in [9.17, 15) is 0 Å². The highest BCUT2D eigenvalue weighted by molar-refractivity contribution is 5.16. The maximum absolute atomic E-state index is 2.28. The van der Waals surface area contributed by atoms with Gasteiger partial charge in [-0.1, -0.05) is 329 Å². The van der Waals surface area contributed by atoms with Crippen LogP contribution in [-0.4, -0.2) is 0 Å². The van der Waals surface area contributed by atoms with E-state index in [0.717, 1.165) is 0 Å². The van der Waals surface area contributed by atoms with Crippen molar-refractivity contribution in [2.24, 2.45) is 0 Å². The van der Waals surface area contributed by atoms with E-state index in [0.29, 0.717) is 0 Å². The van der Waals surface area contributed by atoms with E-state index >= 15 is 0 Å². The van der Waals surface area contributed by atoms with E-state index in [4.69, 9.17) is 0 Å². The van der Waals surface area contributed by atoms with Crippen LogP contribution in [0.5, 0.6) is 0 Å². The van der Waals surface area contributed by atoms with Gasteiger partial charge in [-0.25, -0.2) is 0 Å². The Morgan fingerprint density at radius 2 is 0.312 bits per heavy atom. The molecule has 0 atom stereocenters. The Morgan fingerprint density at radius 1 is 0.172 bits per heavy atom. The first kappa shape index (κ1) is 58.9. The van der Waals surface area contributed by atoms with Gasteiger partial charge in [0, 0.05) is 0 Å². The molecule has 0 aliphatic heterocycles. The van der Waals surface area contributed by atoms with Crippen LogP contribution in [0.15, 0.2) is 121 Å². The molecule has 0 N–H and O–H groups in total. The topological polar surface area (TPSA) is 0 Å². The second-order valence-electron chi connectivity index (χ2n) is 18.8. The summed E-state index contributed by atoms with van der Waals surface area (Å²) in [6, 6.07) is 43.4. The molecule has 0 unspecified atom stereocenters. The molecule has 4 aromatic carbocycles. The number of unbranched alkanes of at least 4 members (excludes halogenated alkanes) is 28. The van der Waals surface area contributed by atoms with Gasteiger partial charge in [0.15, 0.2) is 0 Å². The quantitative estimate of drug-likeness (QED) is 0.0400. The molecule has 4 rings (SSSR count). The van der Waals surface area contributed by atoms with E-state index in [1.54, 1.807) is 0 Å². The minimum absolute atomic E-state index is 1.26. The SMILES string of the molecule is CCCCCCCCCCc1ccccc1.CCCCCCCCCCc1ccccc1.CCCCCCCCCCc1ccccc1.CCCCCCCCCCc1ccccc1. The van der Waals surface area contributed by atoms with Crippen molar-refractivity contribution in [3.05, 3.63) is 144 Å². The predicted molar refractivity (Wildman–Crippen MR) is 291 cm³/mol. The standard InChI is InChI=1S/4C16H26/c4*1-2-3-4-5-6-7-8-10-13-16-14-11-9-12-15-16/h4*9,11-12,14-15H,2-8,10,13H2,1H3. The lowest BCUT2D eigenvalue weighted by Crippen LogP contribution is -1.85. The molecule has 4 aromatic rings. The van der Waals surface area contributed by atoms with Gasteiger partial charge in [-0.15, -0.1) is 0 Å². The van der Waals surface area contributed by atoms with Gasteiger partial charge in [0.1, 0.15) is 0 Å². The number of rotatable bonds is 36. The van der Waals surface area contributed by atoms with Crippen molar-refractivity contribution < 1.29 is 0 Å². The number of hydrogen-bond donors (Lipinski definition) is 0. The van der Waals surface area contributed by atoms with Crippen molar-refractivity contribution in [2.45, 2.75) is 259 Å². The van der Waals surface area contributed by atoms with Crippen LogP contribution in [0.25, 0.3) is 0 Å². The molecule has 0 bridgehead atoms. The first-order valence-corrected chi connectivity index (χ1v) is 27.9. The van der Waals surface area contributed by atoms with Crippen molar-refractivity contribution in [3.8, 4) is 0 Å². The lowest BCUT2D eigenvalue weighted by molar-refractivity contribution is 0.575. The van der Waals surface area contributed by atoms with Crippen molar-refractivity contribution in [1.29, 1.82) is 0 Å². The third kappa shape index (κ3) is 41.6. The highest BCUT2D eigenvalue weighted by Gasteiger charge is 1.97. The molecule has 360 valence electrons.